The van der Waals surface area contributed by atoms with E-state index in [0.717, 1.165) is 0 Å². The highest BCUT2D eigenvalue weighted by molar-refractivity contribution is 5.80. The monoisotopic (exact) mass is 221 g/mol. The third-order valence-corrected chi connectivity index (χ3v) is 1.78. The second-order valence-electron chi connectivity index (χ2n) is 4.85. The van der Waals surface area contributed by atoms with E-state index in [1.807, 2.05) is 24.3 Å². The summed E-state index contributed by atoms with van der Waals surface area (Å²) in [4.78, 5) is 4.01. The highest BCUT2D eigenvalue weighted by atomic mass is 16.5. The fourth-order valence-electron chi connectivity index (χ4n) is 1.10. The van der Waals surface area contributed by atoms with Crippen molar-refractivity contribution < 1.29 is 4.74 Å². The number of aliphatic imine (C=N–C) groups is 1. The molecule has 0 radical (unpaired) electrons. The Hall–Kier alpha value is -1.71. The van der Waals surface area contributed by atoms with Gasteiger partial charge < -0.3 is 16.2 Å². The molecule has 0 bridgehead atoms. The van der Waals surface area contributed by atoms with Crippen LogP contribution in [0, 0.1) is 5.41 Å². The summed E-state index contributed by atoms with van der Waals surface area (Å²) < 4.78 is 5.68. The average Bonchev–Trinajstić information content (AvgIpc) is 2.14. The summed E-state index contributed by atoms with van der Waals surface area (Å²) in [5.41, 5.74) is 11.5. The van der Waals surface area contributed by atoms with E-state index in [-0.39, 0.29) is 11.4 Å². The molecule has 0 aliphatic carbocycles. The van der Waals surface area contributed by atoms with Gasteiger partial charge in [-0.15, -0.1) is 0 Å². The van der Waals surface area contributed by atoms with E-state index in [9.17, 15) is 0 Å². The molecule has 0 aromatic heterocycles. The lowest BCUT2D eigenvalue weighted by Gasteiger charge is -2.19. The molecule has 4 nitrogen and oxygen atoms in total. The average molecular weight is 221 g/mol. The maximum atomic E-state index is 5.68. The van der Waals surface area contributed by atoms with E-state index < -0.39 is 0 Å². The summed E-state index contributed by atoms with van der Waals surface area (Å²) in [6.07, 6.45) is 0. The number of hydrogen-bond donors (Lipinski definition) is 2. The van der Waals surface area contributed by atoms with Gasteiger partial charge in [-0.1, -0.05) is 32.9 Å². The molecule has 1 aromatic rings. The molecule has 0 aliphatic rings. The normalized spacial score (nSPS) is 10.9. The van der Waals surface area contributed by atoms with Crippen molar-refractivity contribution in [3.8, 4) is 5.75 Å². The number of benzene rings is 1. The van der Waals surface area contributed by atoms with Crippen LogP contribution in [0.4, 0.5) is 5.69 Å². The van der Waals surface area contributed by atoms with Crippen molar-refractivity contribution in [3.05, 3.63) is 24.3 Å². The summed E-state index contributed by atoms with van der Waals surface area (Å²) in [6, 6.07) is 7.43. The lowest BCUT2D eigenvalue weighted by molar-refractivity contribution is 0.198. The van der Waals surface area contributed by atoms with Crippen molar-refractivity contribution in [2.24, 2.45) is 21.9 Å². The summed E-state index contributed by atoms with van der Waals surface area (Å²) in [5.74, 6) is 0.734. The highest BCUT2D eigenvalue weighted by Gasteiger charge is 2.12. The molecule has 88 valence electrons. The predicted octanol–water partition coefficient (Wildman–Crippen LogP) is 2.02. The number of para-hydroxylation sites is 2. The second-order valence-corrected chi connectivity index (χ2v) is 4.85. The van der Waals surface area contributed by atoms with Crippen LogP contribution in [0.5, 0.6) is 5.75 Å². The number of rotatable bonds is 3. The van der Waals surface area contributed by atoms with Gasteiger partial charge in [0.25, 0.3) is 0 Å². The Labute approximate surface area is 96.3 Å². The van der Waals surface area contributed by atoms with E-state index in [1.54, 1.807) is 0 Å². The lowest BCUT2D eigenvalue weighted by atomic mass is 9.99. The van der Waals surface area contributed by atoms with Crippen LogP contribution >= 0.6 is 0 Å². The third kappa shape index (κ3) is 4.21. The Kier molecular flexibility index (Phi) is 3.77. The molecule has 4 N–H and O–H groups in total. The minimum Gasteiger partial charge on any atom is -0.491 e. The summed E-state index contributed by atoms with van der Waals surface area (Å²) in [5, 5.41) is 0. The molecule has 0 unspecified atom stereocenters. The molecule has 4 heteroatoms. The van der Waals surface area contributed by atoms with Gasteiger partial charge >= 0.3 is 0 Å². The molecule has 0 atom stereocenters. The standard InChI is InChI=1S/C12H19N3O/c1-12(2,3)8-16-10-7-5-4-6-9(10)15-11(13)14/h4-7H,8H2,1-3H3,(H4,13,14,15). The van der Waals surface area contributed by atoms with E-state index >= 15 is 0 Å². The molecule has 0 fully saturated rings. The molecule has 0 aliphatic heterocycles. The van der Waals surface area contributed by atoms with Gasteiger partial charge in [0.1, 0.15) is 11.4 Å². The van der Waals surface area contributed by atoms with Gasteiger partial charge in [-0.05, 0) is 17.5 Å². The molecule has 0 saturated carbocycles. The van der Waals surface area contributed by atoms with Gasteiger partial charge in [0.15, 0.2) is 5.96 Å². The molecule has 1 aromatic carbocycles. The first-order valence-corrected chi connectivity index (χ1v) is 5.20. The maximum absolute atomic E-state index is 5.68. The zero-order chi connectivity index (χ0) is 12.2. The van der Waals surface area contributed by atoms with Gasteiger partial charge in [0.05, 0.1) is 6.61 Å². The largest absolute Gasteiger partial charge is 0.491 e. The molecule has 0 amide bonds. The highest BCUT2D eigenvalue weighted by Crippen LogP contribution is 2.28. The Morgan fingerprint density at radius 1 is 1.25 bits per heavy atom. The number of guanidine groups is 1. The minimum absolute atomic E-state index is 0.0341. The Morgan fingerprint density at radius 2 is 1.88 bits per heavy atom. The zero-order valence-corrected chi connectivity index (χ0v) is 10.0. The van der Waals surface area contributed by atoms with Gasteiger partial charge in [0.2, 0.25) is 0 Å². The first-order valence-electron chi connectivity index (χ1n) is 5.20. The van der Waals surface area contributed by atoms with Gasteiger partial charge in [-0.2, -0.15) is 0 Å². The topological polar surface area (TPSA) is 73.6 Å². The zero-order valence-electron chi connectivity index (χ0n) is 10.0. The van der Waals surface area contributed by atoms with Crippen LogP contribution < -0.4 is 16.2 Å². The molecular weight excluding hydrogens is 202 g/mol. The van der Waals surface area contributed by atoms with Crippen LogP contribution in [0.2, 0.25) is 0 Å². The molecule has 0 spiro atoms. The van der Waals surface area contributed by atoms with Crippen LogP contribution in [-0.2, 0) is 0 Å². The van der Waals surface area contributed by atoms with Crippen LogP contribution in [-0.4, -0.2) is 12.6 Å². The number of hydrogen-bond acceptors (Lipinski definition) is 2. The van der Waals surface area contributed by atoms with E-state index in [4.69, 9.17) is 16.2 Å². The second kappa shape index (κ2) is 4.88. The van der Waals surface area contributed by atoms with Crippen molar-refractivity contribution in [3.63, 3.8) is 0 Å². The van der Waals surface area contributed by atoms with Crippen LogP contribution in [0.1, 0.15) is 20.8 Å². The Balaban J connectivity index is 2.83. The summed E-state index contributed by atoms with van der Waals surface area (Å²) in [6.45, 7) is 6.94. The van der Waals surface area contributed by atoms with Crippen LogP contribution in [0.25, 0.3) is 0 Å². The molecule has 16 heavy (non-hydrogen) atoms. The van der Waals surface area contributed by atoms with Crippen molar-refractivity contribution >= 4 is 11.6 Å². The minimum atomic E-state index is 0.0341. The lowest BCUT2D eigenvalue weighted by Crippen LogP contribution is -2.22. The fraction of sp³-hybridized carbons (Fsp3) is 0.417. The number of ether oxygens (including phenoxy) is 1. The van der Waals surface area contributed by atoms with Crippen molar-refractivity contribution in [1.82, 2.24) is 0 Å². The Bertz CT molecular complexity index is 376. The van der Waals surface area contributed by atoms with Crippen molar-refractivity contribution in [2.75, 3.05) is 6.61 Å². The third-order valence-electron chi connectivity index (χ3n) is 1.78. The van der Waals surface area contributed by atoms with Gasteiger partial charge in [-0.3, -0.25) is 0 Å². The number of nitrogens with zero attached hydrogens (tertiary/aromatic N) is 1. The molecule has 1 rings (SSSR count). The predicted molar refractivity (Wildman–Crippen MR) is 66.9 cm³/mol. The van der Waals surface area contributed by atoms with Crippen molar-refractivity contribution in [2.45, 2.75) is 20.8 Å². The quantitative estimate of drug-likeness (QED) is 0.605. The molecule has 0 heterocycles. The SMILES string of the molecule is CC(C)(C)COc1ccccc1N=C(N)N. The van der Waals surface area contributed by atoms with E-state index in [2.05, 4.69) is 25.8 Å². The maximum Gasteiger partial charge on any atom is 0.191 e. The van der Waals surface area contributed by atoms with Crippen LogP contribution in [0.15, 0.2) is 29.3 Å². The van der Waals surface area contributed by atoms with Gasteiger partial charge in [-0.25, -0.2) is 4.99 Å². The van der Waals surface area contributed by atoms with Crippen LogP contribution in [0.3, 0.4) is 0 Å². The smallest absolute Gasteiger partial charge is 0.191 e. The van der Waals surface area contributed by atoms with Gasteiger partial charge in [0, 0.05) is 0 Å². The molecule has 0 saturated heterocycles. The Morgan fingerprint density at radius 3 is 2.44 bits per heavy atom. The summed E-state index contributed by atoms with van der Waals surface area (Å²) in [7, 11) is 0. The number of nitrogens with two attached hydrogens (primary N) is 2. The van der Waals surface area contributed by atoms with Crippen molar-refractivity contribution in [1.29, 1.82) is 0 Å². The fourth-order valence-corrected chi connectivity index (χ4v) is 1.10. The first-order chi connectivity index (χ1) is 7.38. The van der Waals surface area contributed by atoms with E-state index in [0.29, 0.717) is 18.0 Å². The first kappa shape index (κ1) is 12.4. The molecular formula is C12H19N3O. The summed E-state index contributed by atoms with van der Waals surface area (Å²) >= 11 is 0. The van der Waals surface area contributed by atoms with E-state index in [1.165, 1.54) is 0 Å².